The van der Waals surface area contributed by atoms with E-state index in [1.54, 1.807) is 0 Å². The highest BCUT2D eigenvalue weighted by molar-refractivity contribution is 7.92. The van der Waals surface area contributed by atoms with Gasteiger partial charge in [-0.1, -0.05) is 17.7 Å². The van der Waals surface area contributed by atoms with Crippen LogP contribution in [0, 0.1) is 11.8 Å². The Labute approximate surface area is 123 Å². The Bertz CT molecular complexity index is 786. The first kappa shape index (κ1) is 15.4. The highest BCUT2D eigenvalue weighted by atomic mass is 35.5. The van der Waals surface area contributed by atoms with E-state index in [0.29, 0.717) is 6.20 Å². The van der Waals surface area contributed by atoms with E-state index < -0.39 is 26.7 Å². The predicted octanol–water partition coefficient (Wildman–Crippen LogP) is 2.22. The van der Waals surface area contributed by atoms with Crippen LogP contribution in [0.1, 0.15) is 0 Å². The monoisotopic (exact) mass is 335 g/mol. The van der Waals surface area contributed by atoms with E-state index in [2.05, 4.69) is 9.97 Å². The third kappa shape index (κ3) is 3.19. The number of halogens is 3. The molecule has 0 saturated heterocycles. The Morgan fingerprint density at radius 2 is 2.05 bits per heavy atom. The number of benzene rings is 1. The molecule has 1 heterocycles. The van der Waals surface area contributed by atoms with Crippen LogP contribution in [0.2, 0.25) is 5.02 Å². The number of aromatic nitrogens is 2. The molecule has 2 rings (SSSR count). The fourth-order valence-corrected chi connectivity index (χ4v) is 2.78. The fraction of sp³-hybridized carbons (Fsp3) is 0.0909. The molecule has 0 aliphatic heterocycles. The highest BCUT2D eigenvalue weighted by Gasteiger charge is 2.23. The quantitative estimate of drug-likeness (QED) is 0.926. The summed E-state index contributed by atoms with van der Waals surface area (Å²) in [4.78, 5) is 6.14. The summed E-state index contributed by atoms with van der Waals surface area (Å²) in [6.07, 6.45) is 0.689. The minimum Gasteiger partial charge on any atom is -0.478 e. The molecule has 1 N–H and O–H groups in total. The second kappa shape index (κ2) is 5.78. The van der Waals surface area contributed by atoms with Crippen molar-refractivity contribution in [3.05, 3.63) is 41.2 Å². The summed E-state index contributed by atoms with van der Waals surface area (Å²) < 4.78 is 57.5. The zero-order valence-corrected chi connectivity index (χ0v) is 12.0. The van der Waals surface area contributed by atoms with Crippen LogP contribution < -0.4 is 9.46 Å². The third-order valence-corrected chi connectivity index (χ3v) is 3.99. The topological polar surface area (TPSA) is 81.2 Å². The van der Waals surface area contributed by atoms with E-state index in [1.807, 2.05) is 4.72 Å². The number of sulfonamides is 1. The van der Waals surface area contributed by atoms with Crippen molar-refractivity contribution in [3.63, 3.8) is 0 Å². The van der Waals surface area contributed by atoms with Crippen LogP contribution in [-0.2, 0) is 10.0 Å². The SMILES string of the molecule is COc1nc(F)cnc1NS(=O)(=O)c1cccc(Cl)c1F. The predicted molar refractivity (Wildman–Crippen MR) is 70.8 cm³/mol. The lowest BCUT2D eigenvalue weighted by atomic mass is 10.3. The molecular weight excluding hydrogens is 328 g/mol. The number of nitrogens with one attached hydrogen (secondary N) is 1. The minimum atomic E-state index is -4.33. The van der Waals surface area contributed by atoms with E-state index in [0.717, 1.165) is 13.2 Å². The summed E-state index contributed by atoms with van der Waals surface area (Å²) in [5.74, 6) is -2.83. The van der Waals surface area contributed by atoms with Crippen molar-refractivity contribution < 1.29 is 21.9 Å². The van der Waals surface area contributed by atoms with E-state index >= 15 is 0 Å². The van der Waals surface area contributed by atoms with Gasteiger partial charge in [0.25, 0.3) is 15.9 Å². The van der Waals surface area contributed by atoms with Crippen LogP contribution in [0.5, 0.6) is 5.88 Å². The largest absolute Gasteiger partial charge is 0.478 e. The van der Waals surface area contributed by atoms with Crippen LogP contribution in [0.25, 0.3) is 0 Å². The molecule has 0 fully saturated rings. The fourth-order valence-electron chi connectivity index (χ4n) is 1.44. The second-order valence-corrected chi connectivity index (χ2v) is 5.77. The normalized spacial score (nSPS) is 11.2. The first-order chi connectivity index (χ1) is 9.85. The van der Waals surface area contributed by atoms with Gasteiger partial charge in [0.15, 0.2) is 5.82 Å². The third-order valence-electron chi connectivity index (χ3n) is 2.34. The minimum absolute atomic E-state index is 0.352. The Morgan fingerprint density at radius 3 is 2.71 bits per heavy atom. The first-order valence-electron chi connectivity index (χ1n) is 5.38. The van der Waals surface area contributed by atoms with Crippen LogP contribution in [0.4, 0.5) is 14.6 Å². The highest BCUT2D eigenvalue weighted by Crippen LogP contribution is 2.26. The molecule has 1 aromatic carbocycles. The van der Waals surface area contributed by atoms with Crippen molar-refractivity contribution in [2.24, 2.45) is 0 Å². The molecule has 10 heteroatoms. The lowest BCUT2D eigenvalue weighted by molar-refractivity contribution is 0.387. The molecule has 112 valence electrons. The molecule has 0 unspecified atom stereocenters. The van der Waals surface area contributed by atoms with Gasteiger partial charge in [0.05, 0.1) is 18.3 Å². The lowest BCUT2D eigenvalue weighted by Crippen LogP contribution is -2.17. The second-order valence-electron chi connectivity index (χ2n) is 3.71. The molecule has 1 aromatic heterocycles. The molecule has 21 heavy (non-hydrogen) atoms. The summed E-state index contributed by atoms with van der Waals surface area (Å²) in [7, 11) is -3.17. The van der Waals surface area contributed by atoms with Crippen LogP contribution >= 0.6 is 11.6 Å². The van der Waals surface area contributed by atoms with Crippen LogP contribution in [0.3, 0.4) is 0 Å². The van der Waals surface area contributed by atoms with Gasteiger partial charge >= 0.3 is 0 Å². The van der Waals surface area contributed by atoms with Crippen molar-refractivity contribution in [2.45, 2.75) is 4.90 Å². The molecule has 0 aliphatic carbocycles. The molecule has 0 saturated carbocycles. The number of ether oxygens (including phenoxy) is 1. The maximum Gasteiger partial charge on any atom is 0.266 e. The molecule has 6 nitrogen and oxygen atoms in total. The van der Waals surface area contributed by atoms with Gasteiger partial charge in [-0.25, -0.2) is 17.8 Å². The lowest BCUT2D eigenvalue weighted by Gasteiger charge is -2.10. The van der Waals surface area contributed by atoms with E-state index in [9.17, 15) is 17.2 Å². The summed E-state index contributed by atoms with van der Waals surface area (Å²) in [6, 6.07) is 3.49. The van der Waals surface area contributed by atoms with Crippen molar-refractivity contribution >= 4 is 27.4 Å². The Balaban J connectivity index is 2.45. The number of methoxy groups -OCH3 is 1. The molecule has 0 radical (unpaired) electrons. The van der Waals surface area contributed by atoms with Gasteiger partial charge in [-0.3, -0.25) is 4.72 Å². The molecule has 0 bridgehead atoms. The standard InChI is InChI=1S/C11H8ClF2N3O3S/c1-20-11-10(15-5-8(13)16-11)17-21(18,19)7-4-2-3-6(12)9(7)14/h2-5H,1H3,(H,15,17). The molecular formula is C11H8ClF2N3O3S. The number of nitrogens with zero attached hydrogens (tertiary/aromatic N) is 2. The summed E-state index contributed by atoms with van der Waals surface area (Å²) in [5, 5.41) is -0.352. The maximum absolute atomic E-state index is 13.8. The van der Waals surface area contributed by atoms with Crippen molar-refractivity contribution in [1.29, 1.82) is 0 Å². The van der Waals surface area contributed by atoms with Gasteiger partial charge < -0.3 is 4.74 Å². The van der Waals surface area contributed by atoms with Crippen LogP contribution in [0.15, 0.2) is 29.3 Å². The number of hydrogen-bond donors (Lipinski definition) is 1. The molecule has 0 atom stereocenters. The van der Waals surface area contributed by atoms with Gasteiger partial charge in [-0.15, -0.1) is 0 Å². The molecule has 2 aromatic rings. The van der Waals surface area contributed by atoms with E-state index in [-0.39, 0.29) is 16.7 Å². The summed E-state index contributed by atoms with van der Waals surface area (Å²) in [5.41, 5.74) is 0. The van der Waals surface area contributed by atoms with Crippen LogP contribution in [-0.4, -0.2) is 25.5 Å². The molecule has 0 spiro atoms. The molecule has 0 aliphatic rings. The smallest absolute Gasteiger partial charge is 0.266 e. The average molecular weight is 336 g/mol. The van der Waals surface area contributed by atoms with Crippen molar-refractivity contribution in [1.82, 2.24) is 9.97 Å². The Hall–Kier alpha value is -2.00. The van der Waals surface area contributed by atoms with E-state index in [1.165, 1.54) is 12.1 Å². The van der Waals surface area contributed by atoms with Gasteiger partial charge in [0, 0.05) is 0 Å². The number of hydrogen-bond acceptors (Lipinski definition) is 5. The number of rotatable bonds is 4. The summed E-state index contributed by atoms with van der Waals surface area (Å²) >= 11 is 5.53. The number of anilines is 1. The van der Waals surface area contributed by atoms with Gasteiger partial charge in [0.2, 0.25) is 11.8 Å². The Kier molecular flexibility index (Phi) is 4.24. The van der Waals surface area contributed by atoms with E-state index in [4.69, 9.17) is 16.3 Å². The maximum atomic E-state index is 13.8. The van der Waals surface area contributed by atoms with Gasteiger partial charge in [-0.05, 0) is 12.1 Å². The average Bonchev–Trinajstić information content (AvgIpc) is 2.43. The van der Waals surface area contributed by atoms with Gasteiger partial charge in [-0.2, -0.15) is 9.37 Å². The zero-order chi connectivity index (χ0) is 15.6. The van der Waals surface area contributed by atoms with Crippen molar-refractivity contribution in [3.8, 4) is 5.88 Å². The first-order valence-corrected chi connectivity index (χ1v) is 7.24. The van der Waals surface area contributed by atoms with Gasteiger partial charge in [0.1, 0.15) is 4.90 Å². The summed E-state index contributed by atoms with van der Waals surface area (Å²) in [6.45, 7) is 0. The molecule has 0 amide bonds. The Morgan fingerprint density at radius 1 is 1.33 bits per heavy atom. The zero-order valence-electron chi connectivity index (χ0n) is 10.5. The van der Waals surface area contributed by atoms with Crippen molar-refractivity contribution in [2.75, 3.05) is 11.8 Å².